The third kappa shape index (κ3) is 8.81. The topological polar surface area (TPSA) is 70.5 Å². The highest BCUT2D eigenvalue weighted by Gasteiger charge is 2.18. The van der Waals surface area contributed by atoms with E-state index in [2.05, 4.69) is 13.8 Å². The van der Waals surface area contributed by atoms with Crippen molar-refractivity contribution in [1.82, 2.24) is 0 Å². The Morgan fingerprint density at radius 2 is 1.80 bits per heavy atom. The second kappa shape index (κ2) is 8.05. The van der Waals surface area contributed by atoms with Crippen molar-refractivity contribution in [3.8, 4) is 0 Å². The molecule has 0 heterocycles. The second-order valence-electron chi connectivity index (χ2n) is 4.41. The quantitative estimate of drug-likeness (QED) is 0.603. The fraction of sp³-hybridized carbons (Fsp3) is 1.00. The van der Waals surface area contributed by atoms with Crippen molar-refractivity contribution < 1.29 is 9.47 Å². The molecular formula is C11H26N2O2. The lowest BCUT2D eigenvalue weighted by molar-refractivity contribution is -0.0464. The van der Waals surface area contributed by atoms with Gasteiger partial charge in [-0.3, -0.25) is 0 Å². The molecule has 4 nitrogen and oxygen atoms in total. The summed E-state index contributed by atoms with van der Waals surface area (Å²) in [6, 6.07) is 0. The molecule has 0 aliphatic carbocycles. The molecule has 0 fully saturated rings. The molecule has 1 atom stereocenters. The zero-order valence-electron chi connectivity index (χ0n) is 10.3. The predicted octanol–water partition coefficient (Wildman–Crippen LogP) is 0.884. The van der Waals surface area contributed by atoms with Crippen molar-refractivity contribution in [2.45, 2.75) is 45.3 Å². The summed E-state index contributed by atoms with van der Waals surface area (Å²) in [7, 11) is 0. The maximum atomic E-state index is 5.61. The van der Waals surface area contributed by atoms with Crippen molar-refractivity contribution in [2.24, 2.45) is 11.5 Å². The molecule has 0 aliphatic heterocycles. The fourth-order valence-corrected chi connectivity index (χ4v) is 1.23. The maximum absolute atomic E-state index is 5.61. The van der Waals surface area contributed by atoms with Crippen LogP contribution in [0.5, 0.6) is 0 Å². The van der Waals surface area contributed by atoms with Gasteiger partial charge in [0.25, 0.3) is 0 Å². The SMILES string of the molecule is CC(CCN)OCCC(C)(C)OCCN. The first-order chi connectivity index (χ1) is 7.02. The monoisotopic (exact) mass is 218 g/mol. The zero-order chi connectivity index (χ0) is 11.7. The van der Waals surface area contributed by atoms with Gasteiger partial charge in [0.1, 0.15) is 0 Å². The fourth-order valence-electron chi connectivity index (χ4n) is 1.23. The van der Waals surface area contributed by atoms with Gasteiger partial charge in [-0.05, 0) is 40.2 Å². The Morgan fingerprint density at radius 1 is 1.13 bits per heavy atom. The van der Waals surface area contributed by atoms with Crippen LogP contribution in [-0.2, 0) is 9.47 Å². The number of nitrogens with two attached hydrogens (primary N) is 2. The molecule has 0 rings (SSSR count). The molecule has 0 saturated carbocycles. The van der Waals surface area contributed by atoms with E-state index in [-0.39, 0.29) is 11.7 Å². The first-order valence-electron chi connectivity index (χ1n) is 5.67. The number of hydrogen-bond acceptors (Lipinski definition) is 4. The van der Waals surface area contributed by atoms with E-state index in [0.717, 1.165) is 12.8 Å². The van der Waals surface area contributed by atoms with Gasteiger partial charge in [0.2, 0.25) is 0 Å². The molecule has 0 amide bonds. The number of hydrogen-bond donors (Lipinski definition) is 2. The Balaban J connectivity index is 3.55. The first kappa shape index (κ1) is 14.8. The van der Waals surface area contributed by atoms with Gasteiger partial charge < -0.3 is 20.9 Å². The van der Waals surface area contributed by atoms with Gasteiger partial charge in [0.05, 0.1) is 18.3 Å². The molecule has 0 bridgehead atoms. The van der Waals surface area contributed by atoms with E-state index in [1.807, 2.05) is 6.92 Å². The smallest absolute Gasteiger partial charge is 0.0649 e. The number of ether oxygens (including phenoxy) is 2. The van der Waals surface area contributed by atoms with Crippen LogP contribution >= 0.6 is 0 Å². The third-order valence-electron chi connectivity index (χ3n) is 2.29. The molecule has 0 radical (unpaired) electrons. The minimum atomic E-state index is -0.151. The standard InChI is InChI=1S/C11H26N2O2/c1-10(4-6-12)14-8-5-11(2,3)15-9-7-13/h10H,4-9,12-13H2,1-3H3. The molecular weight excluding hydrogens is 192 g/mol. The highest BCUT2D eigenvalue weighted by atomic mass is 16.5. The Labute approximate surface area is 93.3 Å². The summed E-state index contributed by atoms with van der Waals surface area (Å²) in [5, 5.41) is 0. The molecule has 15 heavy (non-hydrogen) atoms. The second-order valence-corrected chi connectivity index (χ2v) is 4.41. The van der Waals surface area contributed by atoms with E-state index < -0.39 is 0 Å². The Bertz CT molecular complexity index is 152. The summed E-state index contributed by atoms with van der Waals surface area (Å²) < 4.78 is 11.2. The van der Waals surface area contributed by atoms with Crippen molar-refractivity contribution >= 4 is 0 Å². The molecule has 0 aromatic heterocycles. The molecule has 92 valence electrons. The molecule has 0 saturated heterocycles. The van der Waals surface area contributed by atoms with Crippen LogP contribution in [0.1, 0.15) is 33.6 Å². The molecule has 0 aromatic carbocycles. The molecule has 0 aliphatic rings. The van der Waals surface area contributed by atoms with Crippen LogP contribution in [-0.4, -0.2) is 38.0 Å². The lowest BCUT2D eigenvalue weighted by atomic mass is 10.1. The Hall–Kier alpha value is -0.160. The van der Waals surface area contributed by atoms with Crippen molar-refractivity contribution in [1.29, 1.82) is 0 Å². The van der Waals surface area contributed by atoms with Gasteiger partial charge in [-0.25, -0.2) is 0 Å². The largest absolute Gasteiger partial charge is 0.378 e. The zero-order valence-corrected chi connectivity index (χ0v) is 10.3. The molecule has 0 spiro atoms. The van der Waals surface area contributed by atoms with Crippen molar-refractivity contribution in [3.63, 3.8) is 0 Å². The van der Waals surface area contributed by atoms with Gasteiger partial charge in [-0.1, -0.05) is 0 Å². The normalized spacial score (nSPS) is 14.2. The third-order valence-corrected chi connectivity index (χ3v) is 2.29. The summed E-state index contributed by atoms with van der Waals surface area (Å²) in [5.41, 5.74) is 10.7. The predicted molar refractivity (Wildman–Crippen MR) is 62.8 cm³/mol. The summed E-state index contributed by atoms with van der Waals surface area (Å²) in [6.07, 6.45) is 2.02. The lowest BCUT2D eigenvalue weighted by Crippen LogP contribution is -2.29. The van der Waals surface area contributed by atoms with Gasteiger partial charge in [-0.2, -0.15) is 0 Å². The van der Waals surface area contributed by atoms with Crippen LogP contribution in [0.15, 0.2) is 0 Å². The Kier molecular flexibility index (Phi) is 7.96. The van der Waals surface area contributed by atoms with Gasteiger partial charge >= 0.3 is 0 Å². The van der Waals surface area contributed by atoms with Crippen LogP contribution in [0.3, 0.4) is 0 Å². The number of rotatable bonds is 9. The van der Waals surface area contributed by atoms with Gasteiger partial charge in [0.15, 0.2) is 0 Å². The molecule has 1 unspecified atom stereocenters. The van der Waals surface area contributed by atoms with Crippen molar-refractivity contribution in [2.75, 3.05) is 26.3 Å². The summed E-state index contributed by atoms with van der Waals surface area (Å²) in [4.78, 5) is 0. The highest BCUT2D eigenvalue weighted by molar-refractivity contribution is 4.68. The first-order valence-corrected chi connectivity index (χ1v) is 5.67. The highest BCUT2D eigenvalue weighted by Crippen LogP contribution is 2.14. The van der Waals surface area contributed by atoms with Crippen LogP contribution in [0, 0.1) is 0 Å². The van der Waals surface area contributed by atoms with E-state index in [1.165, 1.54) is 0 Å². The van der Waals surface area contributed by atoms with Crippen LogP contribution in [0.2, 0.25) is 0 Å². The summed E-state index contributed by atoms with van der Waals surface area (Å²) >= 11 is 0. The van der Waals surface area contributed by atoms with Gasteiger partial charge in [0, 0.05) is 13.2 Å². The van der Waals surface area contributed by atoms with E-state index in [4.69, 9.17) is 20.9 Å². The summed E-state index contributed by atoms with van der Waals surface area (Å²) in [6.45, 7) is 8.70. The van der Waals surface area contributed by atoms with Crippen LogP contribution in [0.25, 0.3) is 0 Å². The molecule has 4 heteroatoms. The average molecular weight is 218 g/mol. The van der Waals surface area contributed by atoms with Gasteiger partial charge in [-0.15, -0.1) is 0 Å². The summed E-state index contributed by atoms with van der Waals surface area (Å²) in [5.74, 6) is 0. The van der Waals surface area contributed by atoms with Crippen molar-refractivity contribution in [3.05, 3.63) is 0 Å². The maximum Gasteiger partial charge on any atom is 0.0649 e. The minimum absolute atomic E-state index is 0.151. The lowest BCUT2D eigenvalue weighted by Gasteiger charge is -2.25. The van der Waals surface area contributed by atoms with Crippen LogP contribution < -0.4 is 11.5 Å². The van der Waals surface area contributed by atoms with E-state index >= 15 is 0 Å². The molecule has 4 N–H and O–H groups in total. The Morgan fingerprint density at radius 3 is 2.33 bits per heavy atom. The van der Waals surface area contributed by atoms with Crippen LogP contribution in [0.4, 0.5) is 0 Å². The minimum Gasteiger partial charge on any atom is -0.378 e. The van der Waals surface area contributed by atoms with E-state index in [9.17, 15) is 0 Å². The van der Waals surface area contributed by atoms with E-state index in [0.29, 0.717) is 26.3 Å². The molecule has 0 aromatic rings. The van der Waals surface area contributed by atoms with E-state index in [1.54, 1.807) is 0 Å². The average Bonchev–Trinajstić information content (AvgIpc) is 2.15.